The van der Waals surface area contributed by atoms with E-state index in [2.05, 4.69) is 63.2 Å². The van der Waals surface area contributed by atoms with Gasteiger partial charge in [-0.25, -0.2) is 9.78 Å². The van der Waals surface area contributed by atoms with Gasteiger partial charge in [-0.2, -0.15) is 10.1 Å². The van der Waals surface area contributed by atoms with E-state index in [4.69, 9.17) is 4.52 Å². The predicted octanol–water partition coefficient (Wildman–Crippen LogP) is 5.44. The molecule has 0 spiro atoms. The van der Waals surface area contributed by atoms with Crippen LogP contribution in [0.2, 0.25) is 0 Å². The van der Waals surface area contributed by atoms with Crippen LogP contribution in [0.3, 0.4) is 0 Å². The summed E-state index contributed by atoms with van der Waals surface area (Å²) in [4.78, 5) is 40.1. The fraction of sp³-hybridized carbons (Fsp3) is 0.316. The van der Waals surface area contributed by atoms with Crippen LogP contribution in [-0.4, -0.2) is 89.0 Å². The number of carbonyl (C=O) groups is 2. The Bertz CT molecular complexity index is 2270. The summed E-state index contributed by atoms with van der Waals surface area (Å²) in [7, 11) is 5.58. The number of amides is 3. The average molecular weight is 715 g/mol. The Kier molecular flexibility index (Phi) is 9.82. The smallest absolute Gasteiger partial charge is 0.321 e. The number of hydrogen-bond acceptors (Lipinski definition) is 10. The highest BCUT2D eigenvalue weighted by Gasteiger charge is 2.37. The van der Waals surface area contributed by atoms with Gasteiger partial charge in [0.25, 0.3) is 5.89 Å². The monoisotopic (exact) mass is 714 g/mol. The van der Waals surface area contributed by atoms with Gasteiger partial charge in [0.15, 0.2) is 17.5 Å². The van der Waals surface area contributed by atoms with Crippen LogP contribution < -0.4 is 10.6 Å². The number of H-pyrrole nitrogens is 1. The Morgan fingerprint density at radius 1 is 0.962 bits per heavy atom. The molecule has 2 atom stereocenters. The molecule has 15 nitrogen and oxygen atoms in total. The molecule has 3 aromatic carbocycles. The molecule has 1 saturated heterocycles. The topological polar surface area (TPSA) is 176 Å². The molecule has 0 bridgehead atoms. The summed E-state index contributed by atoms with van der Waals surface area (Å²) in [5.74, 6) is 2.50. The van der Waals surface area contributed by atoms with Crippen molar-refractivity contribution in [2.75, 3.05) is 37.8 Å². The largest absolute Gasteiger partial charge is 0.334 e. The molecule has 1 aliphatic heterocycles. The lowest BCUT2D eigenvalue weighted by atomic mass is 9.86. The van der Waals surface area contributed by atoms with Gasteiger partial charge in [-0.1, -0.05) is 42.4 Å². The van der Waals surface area contributed by atoms with Gasteiger partial charge in [0.1, 0.15) is 12.2 Å². The van der Waals surface area contributed by atoms with Crippen molar-refractivity contribution in [2.45, 2.75) is 39.7 Å². The van der Waals surface area contributed by atoms with Crippen molar-refractivity contribution < 1.29 is 14.1 Å². The van der Waals surface area contributed by atoms with Crippen molar-refractivity contribution in [1.82, 2.24) is 49.9 Å². The van der Waals surface area contributed by atoms with Gasteiger partial charge in [0, 0.05) is 62.0 Å². The van der Waals surface area contributed by atoms with Gasteiger partial charge in [-0.15, -0.1) is 10.2 Å². The van der Waals surface area contributed by atoms with E-state index in [0.717, 1.165) is 39.9 Å². The second kappa shape index (κ2) is 14.8. The second-order valence-corrected chi connectivity index (χ2v) is 13.6. The summed E-state index contributed by atoms with van der Waals surface area (Å²) in [6.07, 6.45) is 2.27. The van der Waals surface area contributed by atoms with E-state index in [1.165, 1.54) is 0 Å². The van der Waals surface area contributed by atoms with Crippen molar-refractivity contribution in [3.05, 3.63) is 95.6 Å². The minimum Gasteiger partial charge on any atom is -0.334 e. The number of likely N-dealkylation sites (tertiary alicyclic amines) is 1. The molecule has 53 heavy (non-hydrogen) atoms. The summed E-state index contributed by atoms with van der Waals surface area (Å²) < 4.78 is 7.23. The van der Waals surface area contributed by atoms with E-state index >= 15 is 0 Å². The third kappa shape index (κ3) is 7.70. The Balaban J connectivity index is 1.15. The Hall–Kier alpha value is -6.22. The minimum absolute atomic E-state index is 0.0535. The number of aryl methyl sites for hydroxylation is 4. The molecular formula is C38H42N12O3. The molecule has 3 amide bonds. The zero-order valence-corrected chi connectivity index (χ0v) is 30.6. The number of likely N-dealkylation sites (N-methyl/N-ethyl adjacent to an activating group) is 1. The lowest BCUT2D eigenvalue weighted by molar-refractivity contribution is -0.119. The zero-order valence-electron chi connectivity index (χ0n) is 30.6. The van der Waals surface area contributed by atoms with Crippen LogP contribution in [0.1, 0.15) is 41.4 Å². The number of aromatic nitrogens is 8. The minimum atomic E-state index is -0.303. The molecule has 1 fully saturated rings. The third-order valence-corrected chi connectivity index (χ3v) is 9.58. The summed E-state index contributed by atoms with van der Waals surface area (Å²) in [6.45, 7) is 7.39. The predicted molar refractivity (Wildman–Crippen MR) is 200 cm³/mol. The lowest BCUT2D eigenvalue weighted by Gasteiger charge is -2.20. The lowest BCUT2D eigenvalue weighted by Crippen LogP contribution is -2.31. The normalized spacial score (nSPS) is 15.8. The molecule has 0 saturated carbocycles. The zero-order chi connectivity index (χ0) is 37.2. The van der Waals surface area contributed by atoms with Gasteiger partial charge in [0.2, 0.25) is 5.91 Å². The van der Waals surface area contributed by atoms with Crippen molar-refractivity contribution in [2.24, 2.45) is 13.0 Å². The molecule has 0 unspecified atom stereocenters. The Morgan fingerprint density at radius 3 is 2.53 bits per heavy atom. The third-order valence-electron chi connectivity index (χ3n) is 9.58. The summed E-state index contributed by atoms with van der Waals surface area (Å²) >= 11 is 0. The number of carbonyl (C=O) groups excluding carboxylic acids is 2. The van der Waals surface area contributed by atoms with Gasteiger partial charge in [-0.3, -0.25) is 9.89 Å². The fourth-order valence-corrected chi connectivity index (χ4v) is 6.60. The van der Waals surface area contributed by atoms with E-state index in [1.54, 1.807) is 22.8 Å². The van der Waals surface area contributed by atoms with E-state index in [1.807, 2.05) is 83.4 Å². The molecule has 272 valence electrons. The van der Waals surface area contributed by atoms with Crippen molar-refractivity contribution in [3.8, 4) is 34.0 Å². The number of urea groups is 1. The fourth-order valence-electron chi connectivity index (χ4n) is 6.60. The highest BCUT2D eigenvalue weighted by molar-refractivity contribution is 5.95. The molecule has 0 aliphatic carbocycles. The summed E-state index contributed by atoms with van der Waals surface area (Å²) in [5.41, 5.74) is 6.57. The molecule has 7 rings (SSSR count). The second-order valence-electron chi connectivity index (χ2n) is 13.6. The number of nitrogens with one attached hydrogen (secondary N) is 3. The molecule has 4 heterocycles. The molecular weight excluding hydrogens is 672 g/mol. The maximum Gasteiger partial charge on any atom is 0.321 e. The molecule has 6 aromatic rings. The standard InChI is InChI=1S/C38H42N12O3/c1-7-33-43-37(53-47-33)26-12-11-22(2)32(17-26)42-36(51)31-19-48(4)18-30(31)25-10-8-9-24(13-25)27-14-28(35-40-23(3)44-46-35)16-29(15-27)41-38(52)49(5)20-34-45-39-21-50(34)6/h8-17,21,30-31H,7,18-20H2,1-6H3,(H,41,52)(H,42,51)(H,40,44,46)/t30-,31+/m0/s1. The highest BCUT2D eigenvalue weighted by atomic mass is 16.5. The number of anilines is 2. The van der Waals surface area contributed by atoms with E-state index < -0.39 is 0 Å². The van der Waals surface area contributed by atoms with Gasteiger partial charge in [-0.05, 0) is 73.5 Å². The first kappa shape index (κ1) is 35.2. The molecule has 0 radical (unpaired) electrons. The number of hydrogen-bond donors (Lipinski definition) is 3. The highest BCUT2D eigenvalue weighted by Crippen LogP contribution is 2.37. The van der Waals surface area contributed by atoms with E-state index in [-0.39, 0.29) is 30.3 Å². The van der Waals surface area contributed by atoms with Gasteiger partial charge < -0.3 is 29.5 Å². The molecule has 3 N–H and O–H groups in total. The van der Waals surface area contributed by atoms with Gasteiger partial charge >= 0.3 is 6.03 Å². The van der Waals surface area contributed by atoms with Gasteiger partial charge in [0.05, 0.1) is 12.5 Å². The van der Waals surface area contributed by atoms with Crippen LogP contribution in [0, 0.1) is 19.8 Å². The van der Waals surface area contributed by atoms with E-state index in [9.17, 15) is 9.59 Å². The van der Waals surface area contributed by atoms with Crippen molar-refractivity contribution in [1.29, 1.82) is 0 Å². The number of benzene rings is 3. The first-order valence-electron chi connectivity index (χ1n) is 17.5. The van der Waals surface area contributed by atoms with Crippen LogP contribution in [0.4, 0.5) is 16.2 Å². The van der Waals surface area contributed by atoms with Crippen LogP contribution in [0.5, 0.6) is 0 Å². The van der Waals surface area contributed by atoms with Crippen LogP contribution in [0.15, 0.2) is 71.5 Å². The quantitative estimate of drug-likeness (QED) is 0.166. The summed E-state index contributed by atoms with van der Waals surface area (Å²) in [6, 6.07) is 19.5. The van der Waals surface area contributed by atoms with Crippen molar-refractivity contribution >= 4 is 23.3 Å². The van der Waals surface area contributed by atoms with Crippen LogP contribution in [0.25, 0.3) is 34.0 Å². The van der Waals surface area contributed by atoms with Crippen molar-refractivity contribution in [3.63, 3.8) is 0 Å². The maximum atomic E-state index is 14.0. The van der Waals surface area contributed by atoms with E-state index in [0.29, 0.717) is 53.5 Å². The number of rotatable bonds is 10. The average Bonchev–Trinajstić information content (AvgIpc) is 3.97. The molecule has 15 heteroatoms. The molecule has 3 aromatic heterocycles. The SMILES string of the molecule is CCc1noc(-c2ccc(C)c(NC(=O)[C@@H]3CN(C)C[C@H]3c3cccc(-c4cc(NC(=O)N(C)Cc5nncn5C)cc(-c5n[nH]c(C)n5)c4)c3)c2)n1. The number of nitrogens with zero attached hydrogens (tertiary/aromatic N) is 9. The summed E-state index contributed by atoms with van der Waals surface area (Å²) in [5, 5.41) is 25.6. The van der Waals surface area contributed by atoms with Crippen LogP contribution >= 0.6 is 0 Å². The molecule has 1 aliphatic rings. The Morgan fingerprint density at radius 2 is 1.79 bits per heavy atom. The first-order chi connectivity index (χ1) is 25.5. The first-order valence-corrected chi connectivity index (χ1v) is 17.5. The number of aromatic amines is 1. The maximum absolute atomic E-state index is 14.0. The van der Waals surface area contributed by atoms with Crippen LogP contribution in [-0.2, 0) is 24.8 Å². The Labute approximate surface area is 306 Å².